The zero-order valence-electron chi connectivity index (χ0n) is 29.0. The molecule has 15 heteroatoms. The molecule has 5 aromatic rings. The zero-order valence-corrected chi connectivity index (χ0v) is 29.8. The normalized spacial score (nSPS) is 10.9. The molecule has 0 bridgehead atoms. The molecular weight excluding hydrogens is 672 g/mol. The molecule has 0 saturated carbocycles. The van der Waals surface area contributed by atoms with Gasteiger partial charge in [0.05, 0.1) is 63.5 Å². The third-order valence-corrected chi connectivity index (χ3v) is 8.51. The Hall–Kier alpha value is -5.44. The molecule has 5 rings (SSSR count). The molecule has 0 unspecified atom stereocenters. The molecule has 0 aliphatic rings. The van der Waals surface area contributed by atoms with Crippen LogP contribution in [0.2, 0.25) is 0 Å². The Kier molecular flexibility index (Phi) is 11.7. The van der Waals surface area contributed by atoms with Crippen LogP contribution in [0.4, 0.5) is 0 Å². The number of aromatic nitrogens is 2. The second-order valence-corrected chi connectivity index (χ2v) is 11.4. The van der Waals surface area contributed by atoms with Crippen LogP contribution in [0, 0.1) is 0 Å². The van der Waals surface area contributed by atoms with Crippen LogP contribution in [0.3, 0.4) is 0 Å². The van der Waals surface area contributed by atoms with E-state index in [0.29, 0.717) is 81.1 Å². The summed E-state index contributed by atoms with van der Waals surface area (Å²) >= 11 is 1.40. The predicted octanol–water partition coefficient (Wildman–Crippen LogP) is 6.53. The number of thioether (sulfide) groups is 1. The van der Waals surface area contributed by atoms with E-state index in [1.165, 1.54) is 68.6 Å². The Morgan fingerprint density at radius 1 is 0.600 bits per heavy atom. The van der Waals surface area contributed by atoms with E-state index in [0.717, 1.165) is 0 Å². The molecule has 266 valence electrons. The second kappa shape index (κ2) is 16.3. The Morgan fingerprint density at radius 2 is 1.18 bits per heavy atom. The van der Waals surface area contributed by atoms with E-state index in [-0.39, 0.29) is 34.8 Å². The van der Waals surface area contributed by atoms with Gasteiger partial charge in [0, 0.05) is 29.0 Å². The summed E-state index contributed by atoms with van der Waals surface area (Å²) in [6.07, 6.45) is 1.32. The van der Waals surface area contributed by atoms with Gasteiger partial charge in [-0.25, -0.2) is 0 Å². The molecule has 14 nitrogen and oxygen atoms in total. The fourth-order valence-electron chi connectivity index (χ4n) is 5.18. The summed E-state index contributed by atoms with van der Waals surface area (Å²) in [6, 6.07) is 10.1. The Bertz CT molecular complexity index is 1960. The van der Waals surface area contributed by atoms with Gasteiger partial charge in [-0.05, 0) is 37.1 Å². The highest BCUT2D eigenvalue weighted by Crippen LogP contribution is 2.44. The van der Waals surface area contributed by atoms with Gasteiger partial charge >= 0.3 is 0 Å². The van der Waals surface area contributed by atoms with E-state index in [9.17, 15) is 4.79 Å². The number of ether oxygens (including phenoxy) is 9. The molecule has 0 amide bonds. The summed E-state index contributed by atoms with van der Waals surface area (Å²) in [5.41, 5.74) is 0.947. The summed E-state index contributed by atoms with van der Waals surface area (Å²) < 4.78 is 62.2. The lowest BCUT2D eigenvalue weighted by Crippen LogP contribution is -2.12. The number of unbranched alkanes of at least 4 members (excludes halogenated alkanes) is 1. The highest BCUT2D eigenvalue weighted by molar-refractivity contribution is 7.99. The summed E-state index contributed by atoms with van der Waals surface area (Å²) in [6.45, 7) is 0.216. The molecule has 0 saturated heterocycles. The topological polar surface area (TPSA) is 152 Å². The molecule has 0 atom stereocenters. The minimum atomic E-state index is -0.408. The third-order valence-electron chi connectivity index (χ3n) is 7.60. The molecule has 0 aliphatic heterocycles. The first-order valence-electron chi connectivity index (χ1n) is 15.3. The monoisotopic (exact) mass is 710 g/mol. The van der Waals surface area contributed by atoms with Crippen molar-refractivity contribution in [3.8, 4) is 74.5 Å². The number of hydrogen-bond donors (Lipinski definition) is 0. The number of hydrogen-bond acceptors (Lipinski definition) is 15. The molecular formula is C35H38N2O12S. The highest BCUT2D eigenvalue weighted by Gasteiger charge is 2.24. The maximum Gasteiger partial charge on any atom is 0.276 e. The lowest BCUT2D eigenvalue weighted by atomic mass is 10.1. The van der Waals surface area contributed by atoms with Crippen molar-refractivity contribution in [2.45, 2.75) is 18.1 Å². The van der Waals surface area contributed by atoms with E-state index >= 15 is 0 Å². The Labute approximate surface area is 292 Å². The van der Waals surface area contributed by atoms with Gasteiger partial charge in [0.25, 0.3) is 5.22 Å². The number of rotatable bonds is 17. The molecule has 0 N–H and O–H groups in total. The molecule has 50 heavy (non-hydrogen) atoms. The number of methoxy groups -OCH3 is 8. The molecule has 0 spiro atoms. The van der Waals surface area contributed by atoms with Crippen molar-refractivity contribution in [1.29, 1.82) is 0 Å². The minimum Gasteiger partial charge on any atom is -0.496 e. The molecule has 3 aromatic carbocycles. The van der Waals surface area contributed by atoms with Crippen molar-refractivity contribution >= 4 is 22.7 Å². The summed E-state index contributed by atoms with van der Waals surface area (Å²) in [4.78, 5) is 14.0. The maximum absolute atomic E-state index is 14.0. The predicted molar refractivity (Wildman–Crippen MR) is 186 cm³/mol. The number of benzene rings is 3. The standard InChI is InChI=1S/C35H38N2O12S/c1-39-21-17-22(40-2)28-23(18-21)48-30(19-13-24(41-3)31(45-7)25(14-19)42-4)33(29(28)38)47-11-9-10-12-50-35-37-36-34(49-35)20-15-26(43-5)32(46-8)27(16-20)44-6/h13-18H,9-12H2,1-8H3. The quantitative estimate of drug-likeness (QED) is 0.0759. The average molecular weight is 711 g/mol. The van der Waals surface area contributed by atoms with Crippen LogP contribution in [0.5, 0.6) is 51.7 Å². The van der Waals surface area contributed by atoms with Crippen LogP contribution >= 0.6 is 11.8 Å². The van der Waals surface area contributed by atoms with E-state index in [2.05, 4.69) is 10.2 Å². The average Bonchev–Trinajstić information content (AvgIpc) is 3.63. The van der Waals surface area contributed by atoms with Crippen LogP contribution in [0.25, 0.3) is 33.7 Å². The SMILES string of the molecule is COc1cc(OC)c2c(=O)c(OCCCCSc3nnc(-c4cc(OC)c(OC)c(OC)c4)o3)c(-c3cc(OC)c(OC)c(OC)c3)oc2c1. The van der Waals surface area contributed by atoms with E-state index < -0.39 is 5.43 Å². The number of fused-ring (bicyclic) bond motifs is 1. The summed E-state index contributed by atoms with van der Waals surface area (Å²) in [5, 5.41) is 8.96. The van der Waals surface area contributed by atoms with Crippen molar-refractivity contribution in [1.82, 2.24) is 10.2 Å². The van der Waals surface area contributed by atoms with Gasteiger partial charge in [-0.1, -0.05) is 11.8 Å². The van der Waals surface area contributed by atoms with Crippen molar-refractivity contribution in [2.75, 3.05) is 69.2 Å². The Morgan fingerprint density at radius 3 is 1.72 bits per heavy atom. The van der Waals surface area contributed by atoms with Crippen molar-refractivity contribution in [3.05, 3.63) is 46.6 Å². The van der Waals surface area contributed by atoms with Gasteiger partial charge in [-0.3, -0.25) is 4.79 Å². The van der Waals surface area contributed by atoms with Gasteiger partial charge in [-0.2, -0.15) is 0 Å². The van der Waals surface area contributed by atoms with Crippen LogP contribution in [0.1, 0.15) is 12.8 Å². The second-order valence-electron chi connectivity index (χ2n) is 10.4. The first kappa shape index (κ1) is 35.9. The van der Waals surface area contributed by atoms with E-state index in [4.69, 9.17) is 51.5 Å². The zero-order chi connectivity index (χ0) is 35.8. The van der Waals surface area contributed by atoms with Gasteiger partial charge in [-0.15, -0.1) is 10.2 Å². The highest BCUT2D eigenvalue weighted by atomic mass is 32.2. The third kappa shape index (κ3) is 7.27. The van der Waals surface area contributed by atoms with Gasteiger partial charge in [0.1, 0.15) is 22.5 Å². The largest absolute Gasteiger partial charge is 0.496 e. The smallest absolute Gasteiger partial charge is 0.276 e. The molecule has 2 aromatic heterocycles. The van der Waals surface area contributed by atoms with E-state index in [1.54, 1.807) is 36.4 Å². The molecule has 2 heterocycles. The Balaban J connectivity index is 1.34. The molecule has 0 fully saturated rings. The molecule has 0 radical (unpaired) electrons. The summed E-state index contributed by atoms with van der Waals surface area (Å²) in [5.74, 6) is 4.45. The lowest BCUT2D eigenvalue weighted by Gasteiger charge is -2.17. The van der Waals surface area contributed by atoms with Crippen LogP contribution < -0.4 is 48.1 Å². The molecule has 0 aliphatic carbocycles. The fourth-order valence-corrected chi connectivity index (χ4v) is 5.94. The fraction of sp³-hybridized carbons (Fsp3) is 0.343. The van der Waals surface area contributed by atoms with Crippen LogP contribution in [-0.2, 0) is 0 Å². The summed E-state index contributed by atoms with van der Waals surface area (Å²) in [7, 11) is 12.1. The van der Waals surface area contributed by atoms with Gasteiger partial charge in [0.2, 0.25) is 28.6 Å². The first-order valence-corrected chi connectivity index (χ1v) is 16.3. The van der Waals surface area contributed by atoms with Gasteiger partial charge in [0.15, 0.2) is 28.8 Å². The van der Waals surface area contributed by atoms with Crippen molar-refractivity contribution in [3.63, 3.8) is 0 Å². The first-order chi connectivity index (χ1) is 24.3. The van der Waals surface area contributed by atoms with Crippen molar-refractivity contribution in [2.24, 2.45) is 0 Å². The van der Waals surface area contributed by atoms with E-state index in [1.807, 2.05) is 0 Å². The van der Waals surface area contributed by atoms with Crippen LogP contribution in [0.15, 0.2) is 55.2 Å². The van der Waals surface area contributed by atoms with Crippen molar-refractivity contribution < 1.29 is 51.5 Å². The lowest BCUT2D eigenvalue weighted by molar-refractivity contribution is 0.301. The minimum absolute atomic E-state index is 0.00906. The van der Waals surface area contributed by atoms with Crippen LogP contribution in [-0.4, -0.2) is 79.4 Å². The maximum atomic E-state index is 14.0. The van der Waals surface area contributed by atoms with Gasteiger partial charge < -0.3 is 51.5 Å². The number of nitrogens with zero attached hydrogens (tertiary/aromatic N) is 2.